The van der Waals surface area contributed by atoms with Crippen molar-refractivity contribution < 1.29 is 4.79 Å². The summed E-state index contributed by atoms with van der Waals surface area (Å²) in [5, 5.41) is 3.98. The first-order valence-corrected chi connectivity index (χ1v) is 8.14. The molecule has 2 heterocycles. The maximum absolute atomic E-state index is 11.7. The minimum absolute atomic E-state index is 0.0335. The molecule has 1 aromatic rings. The molecule has 0 aromatic carbocycles. The third-order valence-electron chi connectivity index (χ3n) is 3.04. The quantitative estimate of drug-likeness (QED) is 0.674. The lowest BCUT2D eigenvalue weighted by molar-refractivity contribution is -0.122. The molecule has 1 aromatic heterocycles. The molecule has 6 heteroatoms. The molecule has 0 bridgehead atoms. The average Bonchev–Trinajstić information content (AvgIpc) is 2.63. The lowest BCUT2D eigenvalue weighted by atomic mass is 10.2. The number of nitrogens with one attached hydrogen (secondary N) is 1. The number of thiophene rings is 1. The molecule has 1 aliphatic heterocycles. The fraction of sp³-hybridized carbons (Fsp3) is 0.538. The molecule has 0 atom stereocenters. The summed E-state index contributed by atoms with van der Waals surface area (Å²) in [5.41, 5.74) is 2.59. The Morgan fingerprint density at radius 2 is 2.11 bits per heavy atom. The monoisotopic (exact) mass is 343 g/mol. The summed E-state index contributed by atoms with van der Waals surface area (Å²) in [6, 6.07) is 3.92. The van der Waals surface area contributed by atoms with Crippen LogP contribution in [-0.4, -0.2) is 36.7 Å². The van der Waals surface area contributed by atoms with Crippen molar-refractivity contribution in [2.45, 2.75) is 25.7 Å². The van der Waals surface area contributed by atoms with Crippen LogP contribution in [-0.2, 0) is 4.79 Å². The maximum Gasteiger partial charge on any atom is 0.254 e. The van der Waals surface area contributed by atoms with Crippen LogP contribution < -0.4 is 5.43 Å². The number of carbonyl (C=O) groups excluding carboxylic acids is 1. The zero-order valence-electron chi connectivity index (χ0n) is 10.8. The minimum Gasteiger partial charge on any atom is -0.294 e. The van der Waals surface area contributed by atoms with E-state index >= 15 is 0 Å². The van der Waals surface area contributed by atoms with Gasteiger partial charge in [0.1, 0.15) is 0 Å². The number of hydrazone groups is 1. The predicted octanol–water partition coefficient (Wildman–Crippen LogP) is 2.84. The van der Waals surface area contributed by atoms with Gasteiger partial charge in [0.2, 0.25) is 0 Å². The first kappa shape index (κ1) is 14.7. The number of rotatable bonds is 4. The van der Waals surface area contributed by atoms with Gasteiger partial charge in [-0.2, -0.15) is 5.10 Å². The first-order chi connectivity index (χ1) is 9.24. The molecule has 1 N–H and O–H groups in total. The van der Waals surface area contributed by atoms with E-state index < -0.39 is 0 Å². The van der Waals surface area contributed by atoms with Crippen LogP contribution in [0.15, 0.2) is 21.0 Å². The fourth-order valence-electron chi connectivity index (χ4n) is 2.10. The molecule has 1 fully saturated rings. The second-order valence-corrected chi connectivity index (χ2v) is 7.12. The molecule has 104 valence electrons. The van der Waals surface area contributed by atoms with Gasteiger partial charge in [0, 0.05) is 4.88 Å². The topological polar surface area (TPSA) is 44.7 Å². The highest BCUT2D eigenvalue weighted by molar-refractivity contribution is 9.11. The maximum atomic E-state index is 11.7. The van der Waals surface area contributed by atoms with Crippen LogP contribution in [0.25, 0.3) is 0 Å². The van der Waals surface area contributed by atoms with Crippen molar-refractivity contribution in [3.8, 4) is 0 Å². The SMILES string of the molecule is O=C(CN1CCCCCC1)N/N=C\c1ccc(Br)s1. The molecule has 2 rings (SSSR count). The van der Waals surface area contributed by atoms with E-state index in [1.165, 1.54) is 25.7 Å². The molecule has 4 nitrogen and oxygen atoms in total. The molecule has 1 saturated heterocycles. The Labute approximate surface area is 126 Å². The molecular formula is C13H18BrN3OS. The van der Waals surface area contributed by atoms with E-state index in [-0.39, 0.29) is 5.91 Å². The summed E-state index contributed by atoms with van der Waals surface area (Å²) < 4.78 is 1.06. The molecule has 0 saturated carbocycles. The van der Waals surface area contributed by atoms with Crippen LogP contribution in [0.5, 0.6) is 0 Å². The van der Waals surface area contributed by atoms with Gasteiger partial charge in [0.25, 0.3) is 5.91 Å². The van der Waals surface area contributed by atoms with Crippen molar-refractivity contribution in [1.29, 1.82) is 0 Å². The molecule has 0 radical (unpaired) electrons. The first-order valence-electron chi connectivity index (χ1n) is 6.53. The summed E-state index contributed by atoms with van der Waals surface area (Å²) in [4.78, 5) is 15.0. The molecule has 0 aliphatic carbocycles. The second kappa shape index (κ2) is 7.77. The van der Waals surface area contributed by atoms with E-state index in [2.05, 4.69) is 31.4 Å². The van der Waals surface area contributed by atoms with E-state index in [0.29, 0.717) is 6.54 Å². The van der Waals surface area contributed by atoms with Crippen molar-refractivity contribution in [3.63, 3.8) is 0 Å². The number of hydrogen-bond acceptors (Lipinski definition) is 4. The molecule has 0 unspecified atom stereocenters. The summed E-state index contributed by atoms with van der Waals surface area (Å²) in [5.74, 6) is -0.0335. The van der Waals surface area contributed by atoms with E-state index in [1.54, 1.807) is 17.6 Å². The molecule has 19 heavy (non-hydrogen) atoms. The Kier molecular flexibility index (Phi) is 6.00. The number of likely N-dealkylation sites (tertiary alicyclic amines) is 1. The van der Waals surface area contributed by atoms with E-state index in [9.17, 15) is 4.79 Å². The van der Waals surface area contributed by atoms with Gasteiger partial charge in [0.15, 0.2) is 0 Å². The zero-order chi connectivity index (χ0) is 13.5. The van der Waals surface area contributed by atoms with Crippen molar-refractivity contribution in [3.05, 3.63) is 20.8 Å². The highest BCUT2D eigenvalue weighted by Gasteiger charge is 2.12. The van der Waals surface area contributed by atoms with Gasteiger partial charge >= 0.3 is 0 Å². The minimum atomic E-state index is -0.0335. The Morgan fingerprint density at radius 1 is 1.37 bits per heavy atom. The molecule has 1 amide bonds. The highest BCUT2D eigenvalue weighted by Crippen LogP contribution is 2.20. The summed E-state index contributed by atoms with van der Waals surface area (Å²) in [6.07, 6.45) is 6.63. The number of carbonyl (C=O) groups is 1. The smallest absolute Gasteiger partial charge is 0.254 e. The van der Waals surface area contributed by atoms with Crippen LogP contribution in [0.3, 0.4) is 0 Å². The Morgan fingerprint density at radius 3 is 2.74 bits per heavy atom. The number of halogens is 1. The second-order valence-electron chi connectivity index (χ2n) is 4.63. The lowest BCUT2D eigenvalue weighted by Crippen LogP contribution is -2.35. The van der Waals surface area contributed by atoms with Crippen LogP contribution in [0.4, 0.5) is 0 Å². The van der Waals surface area contributed by atoms with Gasteiger partial charge in [-0.05, 0) is 54.0 Å². The average molecular weight is 344 g/mol. The molecule has 0 spiro atoms. The van der Waals surface area contributed by atoms with Gasteiger partial charge < -0.3 is 0 Å². The van der Waals surface area contributed by atoms with Gasteiger partial charge in [-0.3, -0.25) is 9.69 Å². The van der Waals surface area contributed by atoms with Crippen molar-refractivity contribution >= 4 is 39.4 Å². The Bertz CT molecular complexity index is 439. The third-order valence-corrected chi connectivity index (χ3v) is 4.60. The summed E-state index contributed by atoms with van der Waals surface area (Å²) >= 11 is 4.97. The number of amides is 1. The Hall–Kier alpha value is -0.720. The van der Waals surface area contributed by atoms with E-state index in [0.717, 1.165) is 21.8 Å². The van der Waals surface area contributed by atoms with Gasteiger partial charge in [-0.15, -0.1) is 11.3 Å². The third kappa shape index (κ3) is 5.42. The lowest BCUT2D eigenvalue weighted by Gasteiger charge is -2.17. The summed E-state index contributed by atoms with van der Waals surface area (Å²) in [6.45, 7) is 2.50. The van der Waals surface area contributed by atoms with Gasteiger partial charge in [-0.1, -0.05) is 12.8 Å². The predicted molar refractivity (Wildman–Crippen MR) is 82.7 cm³/mol. The van der Waals surface area contributed by atoms with Crippen molar-refractivity contribution in [1.82, 2.24) is 10.3 Å². The van der Waals surface area contributed by atoms with E-state index in [1.807, 2.05) is 12.1 Å². The molecular weight excluding hydrogens is 326 g/mol. The fourth-order valence-corrected chi connectivity index (χ4v) is 3.39. The summed E-state index contributed by atoms with van der Waals surface area (Å²) in [7, 11) is 0. The molecule has 1 aliphatic rings. The van der Waals surface area contributed by atoms with Crippen LogP contribution in [0, 0.1) is 0 Å². The number of hydrogen-bond donors (Lipinski definition) is 1. The van der Waals surface area contributed by atoms with Crippen molar-refractivity contribution in [2.75, 3.05) is 19.6 Å². The van der Waals surface area contributed by atoms with Crippen LogP contribution >= 0.6 is 27.3 Å². The highest BCUT2D eigenvalue weighted by atomic mass is 79.9. The van der Waals surface area contributed by atoms with E-state index in [4.69, 9.17) is 0 Å². The van der Waals surface area contributed by atoms with Crippen molar-refractivity contribution in [2.24, 2.45) is 5.10 Å². The van der Waals surface area contributed by atoms with Crippen LogP contribution in [0.1, 0.15) is 30.6 Å². The Balaban J connectivity index is 1.73. The normalized spacial score (nSPS) is 17.5. The zero-order valence-corrected chi connectivity index (χ0v) is 13.2. The van der Waals surface area contributed by atoms with Gasteiger partial charge in [-0.25, -0.2) is 5.43 Å². The number of nitrogens with zero attached hydrogens (tertiary/aromatic N) is 2. The largest absolute Gasteiger partial charge is 0.294 e. The van der Waals surface area contributed by atoms with Gasteiger partial charge in [0.05, 0.1) is 16.5 Å². The van der Waals surface area contributed by atoms with Crippen LogP contribution in [0.2, 0.25) is 0 Å². The standard InChI is InChI=1S/C13H18BrN3OS/c14-12-6-5-11(19-12)9-15-16-13(18)10-17-7-3-1-2-4-8-17/h5-6,9H,1-4,7-8,10H2,(H,16,18)/b15-9-.